The van der Waals surface area contributed by atoms with Gasteiger partial charge in [0.1, 0.15) is 5.01 Å². The summed E-state index contributed by atoms with van der Waals surface area (Å²) in [4.78, 5) is 7.51. The minimum Gasteiger partial charge on any atom is -0.357 e. The van der Waals surface area contributed by atoms with Gasteiger partial charge in [0, 0.05) is 30.7 Å². The molecule has 2 N–H and O–H groups in total. The fourth-order valence-corrected chi connectivity index (χ4v) is 2.82. The molecule has 0 amide bonds. The number of halogens is 7. The summed E-state index contributed by atoms with van der Waals surface area (Å²) in [5.41, 5.74) is -2.13. The summed E-state index contributed by atoms with van der Waals surface area (Å²) in [5.74, 6) is 0.151. The monoisotopic (exact) mass is 542 g/mol. The van der Waals surface area contributed by atoms with Gasteiger partial charge in [-0.2, -0.15) is 31.4 Å². The number of aryl methyl sites for hydroxylation is 1. The van der Waals surface area contributed by atoms with E-state index in [-0.39, 0.29) is 53.6 Å². The number of hydrogen-bond acceptors (Lipinski definition) is 4. The third kappa shape index (κ3) is 6.79. The summed E-state index contributed by atoms with van der Waals surface area (Å²) in [5, 5.41) is 10.0. The van der Waals surface area contributed by atoms with E-state index in [1.807, 2.05) is 0 Å². The molecule has 0 bridgehead atoms. The quantitative estimate of drug-likeness (QED) is 0.261. The van der Waals surface area contributed by atoms with Crippen LogP contribution >= 0.6 is 35.3 Å². The number of aromatic nitrogens is 3. The molecular weight excluding hydrogens is 525 g/mol. The number of guanidine groups is 1. The molecule has 2 aromatic heterocycles. The van der Waals surface area contributed by atoms with Crippen molar-refractivity contribution < 1.29 is 26.3 Å². The van der Waals surface area contributed by atoms with E-state index in [4.69, 9.17) is 0 Å². The van der Waals surface area contributed by atoms with Crippen LogP contribution < -0.4 is 10.6 Å². The highest BCUT2D eigenvalue weighted by Crippen LogP contribution is 2.31. The number of aliphatic imine (C=N–C) groups is 1. The second-order valence-corrected chi connectivity index (χ2v) is 6.29. The van der Waals surface area contributed by atoms with Crippen LogP contribution in [0.3, 0.4) is 0 Å². The van der Waals surface area contributed by atoms with E-state index in [1.54, 1.807) is 6.92 Å². The molecule has 2 aromatic rings. The summed E-state index contributed by atoms with van der Waals surface area (Å²) in [7, 11) is 1.37. The van der Waals surface area contributed by atoms with Crippen LogP contribution in [0.15, 0.2) is 16.6 Å². The van der Waals surface area contributed by atoms with Crippen molar-refractivity contribution in [2.24, 2.45) is 12.0 Å². The number of nitrogens with zero attached hydrogens (tertiary/aromatic N) is 4. The maximum absolute atomic E-state index is 12.9. The fourth-order valence-electron chi connectivity index (χ4n) is 2.08. The molecule has 0 spiro atoms. The summed E-state index contributed by atoms with van der Waals surface area (Å²) < 4.78 is 77.5. The first-order chi connectivity index (χ1) is 12.5. The smallest absolute Gasteiger partial charge is 0.357 e. The van der Waals surface area contributed by atoms with Crippen molar-refractivity contribution in [2.75, 3.05) is 6.54 Å². The lowest BCUT2D eigenvalue weighted by atomic mass is 10.2. The highest BCUT2D eigenvalue weighted by atomic mass is 127. The Morgan fingerprint density at radius 1 is 1.18 bits per heavy atom. The molecule has 2 rings (SSSR count). The maximum Gasteiger partial charge on any atom is 0.435 e. The van der Waals surface area contributed by atoms with Gasteiger partial charge >= 0.3 is 12.4 Å². The third-order valence-electron chi connectivity index (χ3n) is 3.17. The molecular formula is C14H17F6IN6S. The summed E-state index contributed by atoms with van der Waals surface area (Å²) in [6.45, 7) is 1.81. The molecule has 6 nitrogen and oxygen atoms in total. The van der Waals surface area contributed by atoms with Crippen molar-refractivity contribution >= 4 is 41.3 Å². The lowest BCUT2D eigenvalue weighted by Gasteiger charge is -2.10. The van der Waals surface area contributed by atoms with Crippen molar-refractivity contribution in [1.29, 1.82) is 0 Å². The zero-order chi connectivity index (χ0) is 20.2. The molecule has 2 heterocycles. The van der Waals surface area contributed by atoms with Gasteiger partial charge in [0.25, 0.3) is 0 Å². The van der Waals surface area contributed by atoms with E-state index in [0.29, 0.717) is 6.54 Å². The van der Waals surface area contributed by atoms with Gasteiger partial charge in [0.15, 0.2) is 17.3 Å². The topological polar surface area (TPSA) is 67.1 Å². The minimum absolute atomic E-state index is 0. The van der Waals surface area contributed by atoms with Crippen LogP contribution in [0.1, 0.15) is 28.9 Å². The highest BCUT2D eigenvalue weighted by molar-refractivity contribution is 14.0. The normalized spacial score (nSPS) is 12.6. The van der Waals surface area contributed by atoms with Crippen molar-refractivity contribution in [3.8, 4) is 0 Å². The Kier molecular flexibility index (Phi) is 8.52. The van der Waals surface area contributed by atoms with Gasteiger partial charge in [-0.15, -0.1) is 35.3 Å². The Labute approximate surface area is 177 Å². The van der Waals surface area contributed by atoms with E-state index in [9.17, 15) is 26.3 Å². The molecule has 0 radical (unpaired) electrons. The zero-order valence-electron chi connectivity index (χ0n) is 14.6. The van der Waals surface area contributed by atoms with Crippen molar-refractivity contribution in [3.63, 3.8) is 0 Å². The molecule has 0 aromatic carbocycles. The Morgan fingerprint density at radius 3 is 2.39 bits per heavy atom. The van der Waals surface area contributed by atoms with Crippen molar-refractivity contribution in [3.05, 3.63) is 33.5 Å². The first-order valence-electron chi connectivity index (χ1n) is 7.64. The first kappa shape index (κ1) is 24.5. The van der Waals surface area contributed by atoms with Gasteiger partial charge in [-0.1, -0.05) is 0 Å². The number of hydrogen-bond donors (Lipinski definition) is 2. The first-order valence-corrected chi connectivity index (χ1v) is 8.52. The molecule has 28 heavy (non-hydrogen) atoms. The van der Waals surface area contributed by atoms with E-state index >= 15 is 0 Å². The average Bonchev–Trinajstić information content (AvgIpc) is 3.16. The van der Waals surface area contributed by atoms with Gasteiger partial charge in [0.05, 0.1) is 13.1 Å². The van der Waals surface area contributed by atoms with Crippen LogP contribution in [0, 0.1) is 0 Å². The van der Waals surface area contributed by atoms with Crippen LogP contribution in [-0.2, 0) is 32.5 Å². The number of rotatable bonds is 5. The van der Waals surface area contributed by atoms with Crippen molar-refractivity contribution in [2.45, 2.75) is 32.4 Å². The summed E-state index contributed by atoms with van der Waals surface area (Å²) >= 11 is 0.822. The fraction of sp³-hybridized carbons (Fsp3) is 0.500. The van der Waals surface area contributed by atoms with E-state index in [2.05, 4.69) is 25.7 Å². The van der Waals surface area contributed by atoms with Crippen LogP contribution in [0.5, 0.6) is 0 Å². The van der Waals surface area contributed by atoms with Gasteiger partial charge in [-0.3, -0.25) is 4.68 Å². The van der Waals surface area contributed by atoms with Gasteiger partial charge in [-0.05, 0) is 6.92 Å². The molecule has 0 saturated heterocycles. The maximum atomic E-state index is 12.9. The van der Waals surface area contributed by atoms with E-state index in [0.717, 1.165) is 21.4 Å². The molecule has 0 atom stereocenters. The minimum atomic E-state index is -4.60. The van der Waals surface area contributed by atoms with Crippen LogP contribution in [0.2, 0.25) is 0 Å². The zero-order valence-corrected chi connectivity index (χ0v) is 17.8. The predicted octanol–water partition coefficient (Wildman–Crippen LogP) is 3.79. The molecule has 0 saturated carbocycles. The lowest BCUT2D eigenvalue weighted by molar-refractivity contribution is -0.142. The summed E-state index contributed by atoms with van der Waals surface area (Å²) in [6.07, 6.45) is -7.92. The molecule has 0 aliphatic heterocycles. The Bertz CT molecular complexity index is 797. The van der Waals surface area contributed by atoms with Crippen LogP contribution in [0.25, 0.3) is 0 Å². The molecule has 0 fully saturated rings. The van der Waals surface area contributed by atoms with Crippen LogP contribution in [-0.4, -0.2) is 27.3 Å². The summed E-state index contributed by atoms with van der Waals surface area (Å²) in [6, 6.07) is 0. The van der Waals surface area contributed by atoms with Crippen molar-refractivity contribution in [1.82, 2.24) is 25.4 Å². The average molecular weight is 542 g/mol. The second-order valence-electron chi connectivity index (χ2n) is 5.35. The number of alkyl halides is 6. The molecule has 14 heteroatoms. The SMILES string of the molecule is CCNC(=NCc1cn(C)nc1C(F)(F)F)NCc1nc(C(F)(F)F)cs1.I. The Morgan fingerprint density at radius 2 is 1.86 bits per heavy atom. The van der Waals surface area contributed by atoms with E-state index < -0.39 is 23.7 Å². The molecule has 0 aliphatic carbocycles. The molecule has 158 valence electrons. The van der Waals surface area contributed by atoms with Crippen LogP contribution in [0.4, 0.5) is 26.3 Å². The second kappa shape index (κ2) is 9.76. The molecule has 0 aliphatic rings. The Balaban J connectivity index is 0.00000392. The Hall–Kier alpha value is -1.58. The number of nitrogens with one attached hydrogen (secondary N) is 2. The largest absolute Gasteiger partial charge is 0.435 e. The van der Waals surface area contributed by atoms with Gasteiger partial charge < -0.3 is 10.6 Å². The number of thiazole rings is 1. The third-order valence-corrected chi connectivity index (χ3v) is 4.02. The van der Waals surface area contributed by atoms with E-state index in [1.165, 1.54) is 13.2 Å². The highest BCUT2D eigenvalue weighted by Gasteiger charge is 2.37. The molecule has 0 unspecified atom stereocenters. The standard InChI is InChI=1S/C14H16F6N6S.HI/c1-3-21-12(23-5-10-24-9(7-27-10)13(15,16)17)22-4-8-6-26(2)25-11(8)14(18,19)20;/h6-7H,3-5H2,1-2H3,(H2,21,22,23);1H. The predicted molar refractivity (Wildman–Crippen MR) is 102 cm³/mol. The van der Waals surface area contributed by atoms with Gasteiger partial charge in [0.2, 0.25) is 0 Å². The lowest BCUT2D eigenvalue weighted by Crippen LogP contribution is -2.36. The van der Waals surface area contributed by atoms with Gasteiger partial charge in [-0.25, -0.2) is 9.98 Å².